The molecule has 0 spiro atoms. The molecule has 0 saturated carbocycles. The maximum absolute atomic E-state index is 11.6. The van der Waals surface area contributed by atoms with E-state index in [9.17, 15) is 14.9 Å². The largest absolute Gasteiger partial charge is 0.380 e. The highest BCUT2D eigenvalue weighted by Crippen LogP contribution is 2.27. The number of methoxy groups -OCH3 is 1. The fourth-order valence-corrected chi connectivity index (χ4v) is 2.53. The summed E-state index contributed by atoms with van der Waals surface area (Å²) in [6.07, 6.45) is 2.18. The van der Waals surface area contributed by atoms with Crippen LogP contribution in [0.1, 0.15) is 30.1 Å². The molecule has 1 atom stereocenters. The van der Waals surface area contributed by atoms with Gasteiger partial charge in [-0.3, -0.25) is 14.9 Å². The number of hydrogen-bond donors (Lipinski definition) is 0. The van der Waals surface area contributed by atoms with E-state index in [-0.39, 0.29) is 23.1 Å². The maximum atomic E-state index is 11.6. The molecular weight excluding hydrogens is 260 g/mol. The molecule has 1 aliphatic rings. The van der Waals surface area contributed by atoms with Crippen molar-refractivity contribution in [3.63, 3.8) is 0 Å². The summed E-state index contributed by atoms with van der Waals surface area (Å²) in [6, 6.07) is 4.71. The Morgan fingerprint density at radius 1 is 1.50 bits per heavy atom. The molecule has 1 aliphatic heterocycles. The summed E-state index contributed by atoms with van der Waals surface area (Å²) in [4.78, 5) is 24.1. The first-order chi connectivity index (χ1) is 9.52. The lowest BCUT2D eigenvalue weighted by Gasteiger charge is -2.33. The molecule has 1 aromatic rings. The number of nitro groups is 1. The minimum atomic E-state index is -0.519. The second kappa shape index (κ2) is 6.00. The first kappa shape index (κ1) is 14.5. The fraction of sp³-hybridized carbons (Fsp3) is 0.500. The lowest BCUT2D eigenvalue weighted by molar-refractivity contribution is -0.385. The van der Waals surface area contributed by atoms with Crippen molar-refractivity contribution >= 4 is 17.2 Å². The Kier molecular flexibility index (Phi) is 4.34. The molecule has 1 aromatic carbocycles. The van der Waals surface area contributed by atoms with Crippen molar-refractivity contribution in [2.45, 2.75) is 25.9 Å². The number of nitro benzene ring substituents is 1. The average molecular weight is 278 g/mol. The highest BCUT2D eigenvalue weighted by Gasteiger charge is 2.23. The average Bonchev–Trinajstić information content (AvgIpc) is 2.46. The van der Waals surface area contributed by atoms with Crippen LogP contribution in [0.15, 0.2) is 18.2 Å². The van der Waals surface area contributed by atoms with E-state index >= 15 is 0 Å². The summed E-state index contributed by atoms with van der Waals surface area (Å²) in [6.45, 7) is 2.96. The van der Waals surface area contributed by atoms with Crippen molar-refractivity contribution in [2.75, 3.05) is 25.1 Å². The molecule has 0 aliphatic carbocycles. The first-order valence-corrected chi connectivity index (χ1v) is 6.60. The van der Waals surface area contributed by atoms with Gasteiger partial charge in [-0.15, -0.1) is 0 Å². The standard InChI is InChI=1S/C14H18N2O4/c1-10(17)13-8-11(5-6-14(13)16(18)19)15-7-3-4-12(9-15)20-2/h5-6,8,12H,3-4,7,9H2,1-2H3. The number of carbonyl (C=O) groups is 1. The lowest BCUT2D eigenvalue weighted by atomic mass is 10.0. The lowest BCUT2D eigenvalue weighted by Crippen LogP contribution is -2.39. The number of benzene rings is 1. The van der Waals surface area contributed by atoms with E-state index in [0.29, 0.717) is 0 Å². The molecule has 1 unspecified atom stereocenters. The predicted molar refractivity (Wildman–Crippen MR) is 75.3 cm³/mol. The normalized spacial score (nSPS) is 18.9. The van der Waals surface area contributed by atoms with Crippen LogP contribution in [0.25, 0.3) is 0 Å². The number of ether oxygens (including phenoxy) is 1. The molecule has 2 rings (SSSR count). The molecule has 1 fully saturated rings. The summed E-state index contributed by atoms with van der Waals surface area (Å²) >= 11 is 0. The van der Waals surface area contributed by atoms with Gasteiger partial charge in [-0.1, -0.05) is 0 Å². The Labute approximate surface area is 117 Å². The van der Waals surface area contributed by atoms with Gasteiger partial charge in [0.2, 0.25) is 0 Å². The summed E-state index contributed by atoms with van der Waals surface area (Å²) in [5.41, 5.74) is 0.858. The van der Waals surface area contributed by atoms with Gasteiger partial charge in [0.15, 0.2) is 5.78 Å². The van der Waals surface area contributed by atoms with Crippen molar-refractivity contribution in [3.8, 4) is 0 Å². The van der Waals surface area contributed by atoms with Gasteiger partial charge in [0.05, 0.1) is 16.6 Å². The van der Waals surface area contributed by atoms with Crippen LogP contribution >= 0.6 is 0 Å². The fourth-order valence-electron chi connectivity index (χ4n) is 2.53. The number of hydrogen-bond acceptors (Lipinski definition) is 5. The highest BCUT2D eigenvalue weighted by atomic mass is 16.6. The topological polar surface area (TPSA) is 72.7 Å². The van der Waals surface area contributed by atoms with Crippen molar-refractivity contribution < 1.29 is 14.5 Å². The Bertz CT molecular complexity index is 530. The third-order valence-electron chi connectivity index (χ3n) is 3.63. The molecule has 6 heteroatoms. The predicted octanol–water partition coefficient (Wildman–Crippen LogP) is 2.41. The molecule has 20 heavy (non-hydrogen) atoms. The van der Waals surface area contributed by atoms with Crippen molar-refractivity contribution in [3.05, 3.63) is 33.9 Å². The van der Waals surface area contributed by atoms with Gasteiger partial charge in [-0.2, -0.15) is 0 Å². The smallest absolute Gasteiger partial charge is 0.280 e. The van der Waals surface area contributed by atoms with Gasteiger partial charge in [0, 0.05) is 32.0 Å². The van der Waals surface area contributed by atoms with E-state index in [0.717, 1.165) is 31.6 Å². The van der Waals surface area contributed by atoms with Gasteiger partial charge in [0.25, 0.3) is 5.69 Å². The van der Waals surface area contributed by atoms with Crippen LogP contribution in [-0.4, -0.2) is 37.0 Å². The third-order valence-corrected chi connectivity index (χ3v) is 3.63. The molecule has 6 nitrogen and oxygen atoms in total. The number of rotatable bonds is 4. The van der Waals surface area contributed by atoms with Crippen LogP contribution < -0.4 is 4.90 Å². The number of Topliss-reactive ketones (excluding diaryl/α,β-unsaturated/α-hetero) is 1. The van der Waals surface area contributed by atoms with Gasteiger partial charge in [-0.25, -0.2) is 0 Å². The number of anilines is 1. The molecular formula is C14H18N2O4. The number of ketones is 1. The van der Waals surface area contributed by atoms with Gasteiger partial charge < -0.3 is 9.64 Å². The molecule has 0 radical (unpaired) electrons. The maximum Gasteiger partial charge on any atom is 0.280 e. The molecule has 1 saturated heterocycles. The van der Waals surface area contributed by atoms with Crippen LogP contribution in [0.4, 0.5) is 11.4 Å². The first-order valence-electron chi connectivity index (χ1n) is 6.60. The zero-order chi connectivity index (χ0) is 14.7. The monoisotopic (exact) mass is 278 g/mol. The van der Waals surface area contributed by atoms with E-state index in [1.54, 1.807) is 19.2 Å². The summed E-state index contributed by atoms with van der Waals surface area (Å²) in [5, 5.41) is 10.9. The SMILES string of the molecule is COC1CCCN(c2ccc([N+](=O)[O-])c(C(C)=O)c2)C1. The van der Waals surface area contributed by atoms with E-state index in [1.165, 1.54) is 13.0 Å². The number of carbonyl (C=O) groups excluding carboxylic acids is 1. The van der Waals surface area contributed by atoms with E-state index in [2.05, 4.69) is 4.90 Å². The zero-order valence-corrected chi connectivity index (χ0v) is 11.7. The second-order valence-electron chi connectivity index (χ2n) is 4.96. The van der Waals surface area contributed by atoms with Gasteiger partial charge in [-0.05, 0) is 31.9 Å². The quantitative estimate of drug-likeness (QED) is 0.480. The van der Waals surface area contributed by atoms with Crippen LogP contribution in [0.2, 0.25) is 0 Å². The van der Waals surface area contributed by atoms with E-state index in [1.807, 2.05) is 0 Å². The molecule has 0 N–H and O–H groups in total. The molecule has 0 bridgehead atoms. The molecule has 0 aromatic heterocycles. The van der Waals surface area contributed by atoms with Gasteiger partial charge >= 0.3 is 0 Å². The summed E-state index contributed by atoms with van der Waals surface area (Å²) < 4.78 is 5.37. The van der Waals surface area contributed by atoms with Crippen molar-refractivity contribution in [1.82, 2.24) is 0 Å². The molecule has 1 heterocycles. The minimum absolute atomic E-state index is 0.137. The van der Waals surface area contributed by atoms with Crippen LogP contribution in [-0.2, 0) is 4.74 Å². The number of nitrogens with zero attached hydrogens (tertiary/aromatic N) is 2. The number of piperidine rings is 1. The van der Waals surface area contributed by atoms with Crippen LogP contribution in [0.5, 0.6) is 0 Å². The second-order valence-corrected chi connectivity index (χ2v) is 4.96. The molecule has 108 valence electrons. The Morgan fingerprint density at radius 3 is 2.85 bits per heavy atom. The van der Waals surface area contributed by atoms with Gasteiger partial charge in [0.1, 0.15) is 0 Å². The van der Waals surface area contributed by atoms with E-state index in [4.69, 9.17) is 4.74 Å². The molecule has 0 amide bonds. The zero-order valence-electron chi connectivity index (χ0n) is 11.7. The summed E-state index contributed by atoms with van der Waals surface area (Å²) in [5.74, 6) is -0.293. The summed E-state index contributed by atoms with van der Waals surface area (Å²) in [7, 11) is 1.69. The Hall–Kier alpha value is -1.95. The van der Waals surface area contributed by atoms with Crippen LogP contribution in [0, 0.1) is 10.1 Å². The Balaban J connectivity index is 2.31. The van der Waals surface area contributed by atoms with E-state index < -0.39 is 4.92 Å². The highest BCUT2D eigenvalue weighted by molar-refractivity contribution is 5.99. The Morgan fingerprint density at radius 2 is 2.25 bits per heavy atom. The van der Waals surface area contributed by atoms with Crippen molar-refractivity contribution in [1.29, 1.82) is 0 Å². The van der Waals surface area contributed by atoms with Crippen molar-refractivity contribution in [2.24, 2.45) is 0 Å². The van der Waals surface area contributed by atoms with Crippen LogP contribution in [0.3, 0.4) is 0 Å². The third kappa shape index (κ3) is 2.96. The minimum Gasteiger partial charge on any atom is -0.380 e.